The van der Waals surface area contributed by atoms with Crippen molar-refractivity contribution in [1.29, 1.82) is 0 Å². The summed E-state index contributed by atoms with van der Waals surface area (Å²) in [5, 5.41) is 4.10. The number of halogens is 1. The number of aryl methyl sites for hydroxylation is 1. The molecule has 2 aromatic carbocycles. The highest BCUT2D eigenvalue weighted by molar-refractivity contribution is 14.1. The van der Waals surface area contributed by atoms with E-state index in [-0.39, 0.29) is 12.5 Å². The fraction of sp³-hybridized carbons (Fsp3) is 0.222. The molecule has 0 bridgehead atoms. The first kappa shape index (κ1) is 18.3. The van der Waals surface area contributed by atoms with Crippen LogP contribution in [0.1, 0.15) is 18.1 Å². The Balaban J connectivity index is 1.89. The molecule has 2 rings (SSSR count). The molecule has 2 aromatic rings. The zero-order chi connectivity index (χ0) is 17.5. The van der Waals surface area contributed by atoms with E-state index in [0.29, 0.717) is 5.75 Å². The summed E-state index contributed by atoms with van der Waals surface area (Å²) in [6.07, 6.45) is 0. The molecule has 1 amide bonds. The van der Waals surface area contributed by atoms with E-state index in [9.17, 15) is 4.79 Å². The van der Waals surface area contributed by atoms with Crippen molar-refractivity contribution in [2.24, 2.45) is 5.10 Å². The second-order valence-corrected chi connectivity index (χ2v) is 6.35. The predicted octanol–water partition coefficient (Wildman–Crippen LogP) is 3.53. The highest BCUT2D eigenvalue weighted by Crippen LogP contribution is 2.25. The highest BCUT2D eigenvalue weighted by atomic mass is 127. The first-order valence-corrected chi connectivity index (χ1v) is 8.44. The molecule has 5 nitrogen and oxygen atoms in total. The van der Waals surface area contributed by atoms with E-state index < -0.39 is 0 Å². The van der Waals surface area contributed by atoms with E-state index in [0.717, 1.165) is 20.6 Å². The lowest BCUT2D eigenvalue weighted by Gasteiger charge is -2.09. The molecule has 0 atom stereocenters. The highest BCUT2D eigenvalue weighted by Gasteiger charge is 2.07. The molecule has 0 aliphatic rings. The van der Waals surface area contributed by atoms with Crippen LogP contribution >= 0.6 is 22.6 Å². The van der Waals surface area contributed by atoms with Crippen molar-refractivity contribution in [2.45, 2.75) is 13.8 Å². The standard InChI is InChI=1S/C18H19IN2O3/c1-12-4-6-14(7-5-12)13(2)20-21-18(22)11-24-17-9-8-15(23-3)10-16(17)19/h4-10H,11H2,1-3H3,(H,21,22)/b20-13-. The van der Waals surface area contributed by atoms with Gasteiger partial charge in [-0.15, -0.1) is 0 Å². The van der Waals surface area contributed by atoms with E-state index in [2.05, 4.69) is 33.1 Å². The van der Waals surface area contributed by atoms with Gasteiger partial charge in [0, 0.05) is 0 Å². The largest absolute Gasteiger partial charge is 0.497 e. The van der Waals surface area contributed by atoms with Crippen molar-refractivity contribution in [1.82, 2.24) is 5.43 Å². The van der Waals surface area contributed by atoms with Crippen LogP contribution in [0.3, 0.4) is 0 Å². The average molecular weight is 438 g/mol. The summed E-state index contributed by atoms with van der Waals surface area (Å²) in [4.78, 5) is 11.9. The van der Waals surface area contributed by atoms with E-state index in [1.165, 1.54) is 5.56 Å². The van der Waals surface area contributed by atoms with Gasteiger partial charge in [-0.25, -0.2) is 5.43 Å². The summed E-state index contributed by atoms with van der Waals surface area (Å²) < 4.78 is 11.5. The minimum atomic E-state index is -0.312. The molecule has 6 heteroatoms. The number of carbonyl (C=O) groups excluding carboxylic acids is 1. The van der Waals surface area contributed by atoms with Gasteiger partial charge >= 0.3 is 0 Å². The number of amides is 1. The third kappa shape index (κ3) is 5.23. The fourth-order valence-corrected chi connectivity index (χ4v) is 2.55. The van der Waals surface area contributed by atoms with Crippen molar-refractivity contribution in [3.63, 3.8) is 0 Å². The molecular weight excluding hydrogens is 419 g/mol. The Bertz CT molecular complexity index is 742. The quantitative estimate of drug-likeness (QED) is 0.427. The molecular formula is C18H19IN2O3. The molecule has 1 N–H and O–H groups in total. The third-order valence-electron chi connectivity index (χ3n) is 3.32. The van der Waals surface area contributed by atoms with Crippen LogP contribution in [0.25, 0.3) is 0 Å². The molecule has 0 saturated carbocycles. The maximum Gasteiger partial charge on any atom is 0.277 e. The average Bonchev–Trinajstić information content (AvgIpc) is 2.59. The van der Waals surface area contributed by atoms with Crippen LogP contribution in [0.15, 0.2) is 47.6 Å². The van der Waals surface area contributed by atoms with E-state index in [4.69, 9.17) is 9.47 Å². The topological polar surface area (TPSA) is 59.9 Å². The number of hydrogen-bond donors (Lipinski definition) is 1. The second kappa shape index (κ2) is 8.68. The Labute approximate surface area is 155 Å². The maximum atomic E-state index is 11.9. The number of carbonyl (C=O) groups is 1. The van der Waals surface area contributed by atoms with Crippen LogP contribution in [0.4, 0.5) is 0 Å². The van der Waals surface area contributed by atoms with Crippen molar-refractivity contribution < 1.29 is 14.3 Å². The SMILES string of the molecule is COc1ccc(OCC(=O)N/N=C(/C)c2ccc(C)cc2)c(I)c1. The van der Waals surface area contributed by atoms with Gasteiger partial charge in [-0.2, -0.15) is 5.10 Å². The second-order valence-electron chi connectivity index (χ2n) is 5.18. The van der Waals surface area contributed by atoms with Crippen molar-refractivity contribution in [3.8, 4) is 11.5 Å². The zero-order valence-corrected chi connectivity index (χ0v) is 16.0. The summed E-state index contributed by atoms with van der Waals surface area (Å²) in [5.41, 5.74) is 5.39. The molecule has 0 radical (unpaired) electrons. The lowest BCUT2D eigenvalue weighted by Crippen LogP contribution is -2.25. The summed E-state index contributed by atoms with van der Waals surface area (Å²) in [6.45, 7) is 3.77. The zero-order valence-electron chi connectivity index (χ0n) is 13.8. The van der Waals surface area contributed by atoms with Gasteiger partial charge in [0.2, 0.25) is 0 Å². The monoisotopic (exact) mass is 438 g/mol. The van der Waals surface area contributed by atoms with Gasteiger partial charge in [0.15, 0.2) is 6.61 Å². The summed E-state index contributed by atoms with van der Waals surface area (Å²) in [5.74, 6) is 1.06. The lowest BCUT2D eigenvalue weighted by atomic mass is 10.1. The van der Waals surface area contributed by atoms with Gasteiger partial charge < -0.3 is 9.47 Å². The van der Waals surface area contributed by atoms with Crippen LogP contribution in [-0.4, -0.2) is 25.3 Å². The lowest BCUT2D eigenvalue weighted by molar-refractivity contribution is -0.123. The van der Waals surface area contributed by atoms with Crippen LogP contribution in [0.5, 0.6) is 11.5 Å². The van der Waals surface area contributed by atoms with Crippen molar-refractivity contribution in [3.05, 3.63) is 57.2 Å². The van der Waals surface area contributed by atoms with Gasteiger partial charge in [-0.1, -0.05) is 29.8 Å². The molecule has 126 valence electrons. The van der Waals surface area contributed by atoms with Gasteiger partial charge in [0.25, 0.3) is 5.91 Å². The fourth-order valence-electron chi connectivity index (χ4n) is 1.91. The maximum absolute atomic E-state index is 11.9. The Morgan fingerprint density at radius 2 is 1.92 bits per heavy atom. The minimum absolute atomic E-state index is 0.104. The molecule has 0 unspecified atom stereocenters. The van der Waals surface area contributed by atoms with Crippen LogP contribution in [0.2, 0.25) is 0 Å². The summed E-state index contributed by atoms with van der Waals surface area (Å²) >= 11 is 2.13. The van der Waals surface area contributed by atoms with Crippen molar-refractivity contribution in [2.75, 3.05) is 13.7 Å². The number of nitrogens with one attached hydrogen (secondary N) is 1. The van der Waals surface area contributed by atoms with Crippen molar-refractivity contribution >= 4 is 34.2 Å². The van der Waals surface area contributed by atoms with Gasteiger partial charge in [-0.05, 0) is 60.2 Å². The van der Waals surface area contributed by atoms with Gasteiger partial charge in [0.05, 0.1) is 16.4 Å². The summed E-state index contributed by atoms with van der Waals surface area (Å²) in [7, 11) is 1.60. The number of rotatable bonds is 6. The minimum Gasteiger partial charge on any atom is -0.497 e. The number of benzene rings is 2. The number of hydrazone groups is 1. The van der Waals surface area contributed by atoms with E-state index in [1.54, 1.807) is 19.2 Å². The number of ether oxygens (including phenoxy) is 2. The Hall–Kier alpha value is -2.09. The van der Waals surface area contributed by atoms with E-state index in [1.807, 2.05) is 44.2 Å². The number of methoxy groups -OCH3 is 1. The Morgan fingerprint density at radius 1 is 1.21 bits per heavy atom. The summed E-state index contributed by atoms with van der Waals surface area (Å²) in [6, 6.07) is 13.3. The normalized spacial score (nSPS) is 11.1. The molecule has 0 aliphatic heterocycles. The molecule has 0 saturated heterocycles. The first-order chi connectivity index (χ1) is 11.5. The molecule has 0 aliphatic carbocycles. The number of hydrogen-bond acceptors (Lipinski definition) is 4. The smallest absolute Gasteiger partial charge is 0.277 e. The Morgan fingerprint density at radius 3 is 2.54 bits per heavy atom. The molecule has 0 spiro atoms. The third-order valence-corrected chi connectivity index (χ3v) is 4.16. The van der Waals surface area contributed by atoms with Gasteiger partial charge in [0.1, 0.15) is 11.5 Å². The molecule has 0 fully saturated rings. The number of nitrogens with zero attached hydrogens (tertiary/aromatic N) is 1. The van der Waals surface area contributed by atoms with Crippen LogP contribution < -0.4 is 14.9 Å². The first-order valence-electron chi connectivity index (χ1n) is 7.36. The molecule has 24 heavy (non-hydrogen) atoms. The van der Waals surface area contributed by atoms with Crippen LogP contribution in [-0.2, 0) is 4.79 Å². The van der Waals surface area contributed by atoms with E-state index >= 15 is 0 Å². The van der Waals surface area contributed by atoms with Crippen LogP contribution in [0, 0.1) is 10.5 Å². The molecule has 0 aromatic heterocycles. The predicted molar refractivity (Wildman–Crippen MR) is 103 cm³/mol. The Kier molecular flexibility index (Phi) is 6.60. The van der Waals surface area contributed by atoms with Gasteiger partial charge in [-0.3, -0.25) is 4.79 Å². The molecule has 0 heterocycles.